The molecule has 2 amide bonds. The largest absolute Gasteiger partial charge is 0.469 e. The van der Waals surface area contributed by atoms with Gasteiger partial charge in [-0.1, -0.05) is 50.1 Å². The first kappa shape index (κ1) is 35.8. The van der Waals surface area contributed by atoms with Crippen molar-refractivity contribution in [3.05, 3.63) is 35.4 Å². The number of nitrogens with one attached hydrogen (secondary N) is 3. The van der Waals surface area contributed by atoms with Crippen LogP contribution in [0.4, 0.5) is 0 Å². The number of hydrogen-bond donors (Lipinski definition) is 3. The second-order valence-corrected chi connectivity index (χ2v) is 12.5. The third kappa shape index (κ3) is 12.4. The van der Waals surface area contributed by atoms with Crippen LogP contribution in [0.15, 0.2) is 29.3 Å². The summed E-state index contributed by atoms with van der Waals surface area (Å²) in [5, 5.41) is 14.0. The van der Waals surface area contributed by atoms with Gasteiger partial charge in [-0.25, -0.2) is 0 Å². The molecule has 1 heterocycles. The summed E-state index contributed by atoms with van der Waals surface area (Å²) in [6.45, 7) is 10.8. The van der Waals surface area contributed by atoms with Gasteiger partial charge in [-0.2, -0.15) is 4.99 Å². The number of amides is 2. The van der Waals surface area contributed by atoms with E-state index in [9.17, 15) is 19.2 Å². The van der Waals surface area contributed by atoms with Crippen LogP contribution in [0.5, 0.6) is 0 Å². The van der Waals surface area contributed by atoms with E-state index in [0.29, 0.717) is 35.8 Å². The highest BCUT2D eigenvalue weighted by atomic mass is 32.2. The molecule has 43 heavy (non-hydrogen) atoms. The van der Waals surface area contributed by atoms with E-state index in [2.05, 4.69) is 27.3 Å². The maximum absolute atomic E-state index is 13.2. The Hall–Kier alpha value is -3.41. The molecule has 0 saturated carbocycles. The summed E-state index contributed by atoms with van der Waals surface area (Å²) in [6.07, 6.45) is 5.05. The summed E-state index contributed by atoms with van der Waals surface area (Å²) in [7, 11) is 1.34. The van der Waals surface area contributed by atoms with Crippen LogP contribution >= 0.6 is 11.8 Å². The van der Waals surface area contributed by atoms with Gasteiger partial charge in [0, 0.05) is 43.2 Å². The van der Waals surface area contributed by atoms with Crippen LogP contribution in [0.2, 0.25) is 0 Å². The zero-order chi connectivity index (χ0) is 32.0. The average Bonchev–Trinajstić information content (AvgIpc) is 3.26. The number of nitrogens with zero attached hydrogens (tertiary/aromatic N) is 2. The minimum Gasteiger partial charge on any atom is -0.469 e. The molecule has 0 aliphatic carbocycles. The molecular formula is C31H47N5O6S. The number of carbonyl (C=O) groups excluding carboxylic acids is 4. The Labute approximate surface area is 259 Å². The molecule has 3 N–H and O–H groups in total. The molecule has 0 bridgehead atoms. The van der Waals surface area contributed by atoms with Crippen molar-refractivity contribution in [2.75, 3.05) is 26.7 Å². The predicted octanol–water partition coefficient (Wildman–Crippen LogP) is 4.29. The first-order valence-corrected chi connectivity index (χ1v) is 15.8. The zero-order valence-corrected chi connectivity index (χ0v) is 27.1. The standard InChI is InChI=1S/C31H47N5O6S/c1-7-8-9-10-20-36-21(2)26(29(40)34-19-17-25(38)42-31(3,4)5)43-30(36)35-28(39)23-15-13-22(14-16-23)27(32)33-18-11-12-24(37)41-6/h13-16,21,26H,7-12,17-20H2,1-6H3,(H2,32,33)(H,34,40). The van der Waals surface area contributed by atoms with Gasteiger partial charge in [0.25, 0.3) is 5.91 Å². The monoisotopic (exact) mass is 617 g/mol. The third-order valence-corrected chi connectivity index (χ3v) is 8.07. The topological polar surface area (TPSA) is 150 Å². The third-order valence-electron chi connectivity index (χ3n) is 6.67. The summed E-state index contributed by atoms with van der Waals surface area (Å²) >= 11 is 1.26. The van der Waals surface area contributed by atoms with Crippen molar-refractivity contribution >= 4 is 46.5 Å². The van der Waals surface area contributed by atoms with Crippen LogP contribution < -0.4 is 10.6 Å². The molecular weight excluding hydrogens is 570 g/mol. The fourth-order valence-corrected chi connectivity index (χ4v) is 5.64. The molecule has 1 aliphatic rings. The summed E-state index contributed by atoms with van der Waals surface area (Å²) in [4.78, 5) is 56.0. The second kappa shape index (κ2) is 17.6. The molecule has 1 aromatic rings. The van der Waals surface area contributed by atoms with Crippen molar-refractivity contribution in [1.82, 2.24) is 15.5 Å². The predicted molar refractivity (Wildman–Crippen MR) is 169 cm³/mol. The molecule has 238 valence electrons. The maximum Gasteiger partial charge on any atom is 0.308 e. The van der Waals surface area contributed by atoms with Gasteiger partial charge in [-0.3, -0.25) is 24.6 Å². The van der Waals surface area contributed by atoms with E-state index in [1.807, 2.05) is 11.8 Å². The van der Waals surface area contributed by atoms with Gasteiger partial charge >= 0.3 is 11.9 Å². The fourth-order valence-electron chi connectivity index (χ4n) is 4.35. The van der Waals surface area contributed by atoms with E-state index >= 15 is 0 Å². The molecule has 0 spiro atoms. The quantitative estimate of drug-likeness (QED) is 0.113. The fraction of sp³-hybridized carbons (Fsp3) is 0.613. The number of methoxy groups -OCH3 is 1. The van der Waals surface area contributed by atoms with Gasteiger partial charge in [-0.15, -0.1) is 0 Å². The molecule has 11 nitrogen and oxygen atoms in total. The SMILES string of the molecule is CCCCCCN1C(=NC(=O)c2ccc(C(=N)NCCCC(=O)OC)cc2)SC(C(=O)NCCC(=O)OC(C)(C)C)C1C. The van der Waals surface area contributed by atoms with Gasteiger partial charge in [-0.05, 0) is 52.7 Å². The lowest BCUT2D eigenvalue weighted by Gasteiger charge is -2.25. The number of thioether (sulfide) groups is 1. The molecule has 2 rings (SSSR count). The van der Waals surface area contributed by atoms with Gasteiger partial charge in [0.1, 0.15) is 16.7 Å². The molecule has 1 saturated heterocycles. The number of benzene rings is 1. The lowest BCUT2D eigenvalue weighted by Crippen LogP contribution is -2.43. The summed E-state index contributed by atoms with van der Waals surface area (Å²) in [5.41, 5.74) is 0.393. The number of esters is 2. The summed E-state index contributed by atoms with van der Waals surface area (Å²) < 4.78 is 9.93. The van der Waals surface area contributed by atoms with Crippen LogP contribution in [0, 0.1) is 5.41 Å². The number of hydrogen-bond acceptors (Lipinski definition) is 8. The van der Waals surface area contributed by atoms with Crippen molar-refractivity contribution in [2.24, 2.45) is 4.99 Å². The first-order valence-electron chi connectivity index (χ1n) is 14.9. The molecule has 2 atom stereocenters. The lowest BCUT2D eigenvalue weighted by molar-refractivity contribution is -0.154. The molecule has 1 aromatic carbocycles. The van der Waals surface area contributed by atoms with Crippen LogP contribution in [0.3, 0.4) is 0 Å². The van der Waals surface area contributed by atoms with Gasteiger partial charge in [0.05, 0.1) is 13.5 Å². The Morgan fingerprint density at radius 2 is 1.63 bits per heavy atom. The zero-order valence-electron chi connectivity index (χ0n) is 26.3. The van der Waals surface area contributed by atoms with Gasteiger partial charge in [0.15, 0.2) is 5.17 Å². The smallest absolute Gasteiger partial charge is 0.308 e. The number of ether oxygens (including phenoxy) is 2. The Morgan fingerprint density at radius 3 is 2.26 bits per heavy atom. The van der Waals surface area contributed by atoms with E-state index in [4.69, 9.17) is 10.1 Å². The Bertz CT molecular complexity index is 1150. The lowest BCUT2D eigenvalue weighted by atomic mass is 10.1. The molecule has 1 aliphatic heterocycles. The Morgan fingerprint density at radius 1 is 0.953 bits per heavy atom. The normalized spacial score (nSPS) is 17.4. The van der Waals surface area contributed by atoms with Crippen LogP contribution in [-0.2, 0) is 23.9 Å². The minimum absolute atomic E-state index is 0.0748. The van der Waals surface area contributed by atoms with Crippen molar-refractivity contribution in [3.8, 4) is 0 Å². The number of aliphatic imine (C=N–C) groups is 1. The van der Waals surface area contributed by atoms with Gasteiger partial charge < -0.3 is 25.0 Å². The highest BCUT2D eigenvalue weighted by molar-refractivity contribution is 8.15. The van der Waals surface area contributed by atoms with E-state index < -0.39 is 16.8 Å². The first-order chi connectivity index (χ1) is 20.4. The number of carbonyl (C=O) groups is 4. The second-order valence-electron chi connectivity index (χ2n) is 11.4. The van der Waals surface area contributed by atoms with Crippen molar-refractivity contribution in [1.29, 1.82) is 5.41 Å². The van der Waals surface area contributed by atoms with E-state index in [1.165, 1.54) is 18.9 Å². The van der Waals surface area contributed by atoms with Crippen molar-refractivity contribution in [3.63, 3.8) is 0 Å². The van der Waals surface area contributed by atoms with Crippen LogP contribution in [0.25, 0.3) is 0 Å². The van der Waals surface area contributed by atoms with Gasteiger partial charge in [0.2, 0.25) is 5.91 Å². The van der Waals surface area contributed by atoms with Crippen LogP contribution in [0.1, 0.15) is 95.5 Å². The van der Waals surface area contributed by atoms with Crippen molar-refractivity contribution in [2.45, 2.75) is 96.5 Å². The van der Waals surface area contributed by atoms with Crippen LogP contribution in [-0.4, -0.2) is 83.3 Å². The molecule has 0 radical (unpaired) electrons. The average molecular weight is 618 g/mol. The highest BCUT2D eigenvalue weighted by Crippen LogP contribution is 2.33. The van der Waals surface area contributed by atoms with Crippen molar-refractivity contribution < 1.29 is 28.7 Å². The Kier molecular flexibility index (Phi) is 14.7. The molecule has 0 aromatic heterocycles. The highest BCUT2D eigenvalue weighted by Gasteiger charge is 2.40. The number of unbranched alkanes of at least 4 members (excludes halogenated alkanes) is 3. The summed E-state index contributed by atoms with van der Waals surface area (Å²) in [6, 6.07) is 6.42. The molecule has 12 heteroatoms. The van der Waals surface area contributed by atoms with E-state index in [1.54, 1.807) is 45.0 Å². The summed E-state index contributed by atoms with van der Waals surface area (Å²) in [5.74, 6) is -1.12. The number of amidine groups is 2. The van der Waals surface area contributed by atoms with E-state index in [-0.39, 0.29) is 49.1 Å². The maximum atomic E-state index is 13.2. The van der Waals surface area contributed by atoms with E-state index in [0.717, 1.165) is 25.7 Å². The molecule has 1 fully saturated rings. The Balaban J connectivity index is 2.06. The number of rotatable bonds is 15. The minimum atomic E-state index is -0.584. The molecule has 2 unspecified atom stereocenters.